The van der Waals surface area contributed by atoms with Crippen LogP contribution in [-0.4, -0.2) is 12.9 Å². The Bertz CT molecular complexity index is 1170. The van der Waals surface area contributed by atoms with Gasteiger partial charge in [-0.05, 0) is 70.5 Å². The molecule has 0 N–H and O–H groups in total. The van der Waals surface area contributed by atoms with E-state index < -0.39 is 0 Å². The summed E-state index contributed by atoms with van der Waals surface area (Å²) in [4.78, 5) is 11.6. The number of ether oxygens (including phenoxy) is 1. The number of fused-ring (bicyclic) bond motifs is 1. The van der Waals surface area contributed by atoms with Crippen LogP contribution in [0, 0.1) is 0 Å². The fraction of sp³-hybridized carbons (Fsp3) is 0.138. The fourth-order valence-electron chi connectivity index (χ4n) is 3.98. The van der Waals surface area contributed by atoms with Crippen LogP contribution in [0.4, 0.5) is 0 Å². The monoisotopic (exact) mass is 406 g/mol. The molecule has 4 rings (SSSR count). The summed E-state index contributed by atoms with van der Waals surface area (Å²) >= 11 is 0. The molecule has 31 heavy (non-hydrogen) atoms. The predicted octanol–water partition coefficient (Wildman–Crippen LogP) is 6.87. The number of carbonyl (C=O) groups excluding carboxylic acids is 1. The van der Waals surface area contributed by atoms with Crippen LogP contribution >= 0.6 is 0 Å². The van der Waals surface area contributed by atoms with Gasteiger partial charge in [-0.2, -0.15) is 0 Å². The highest BCUT2D eigenvalue weighted by Gasteiger charge is 2.12. The average Bonchev–Trinajstić information content (AvgIpc) is 2.83. The third kappa shape index (κ3) is 5.10. The number of carbonyl (C=O) groups is 1. The van der Waals surface area contributed by atoms with Gasteiger partial charge in [0, 0.05) is 0 Å². The van der Waals surface area contributed by atoms with Gasteiger partial charge < -0.3 is 4.74 Å². The summed E-state index contributed by atoms with van der Waals surface area (Å²) in [5, 5.41) is 2.33. The summed E-state index contributed by atoms with van der Waals surface area (Å²) in [7, 11) is 0. The van der Waals surface area contributed by atoms with Crippen molar-refractivity contribution in [3.63, 3.8) is 0 Å². The molecule has 0 amide bonds. The Labute approximate surface area is 183 Å². The number of para-hydroxylation sites is 1. The van der Waals surface area contributed by atoms with Crippen molar-refractivity contribution in [3.05, 3.63) is 120 Å². The number of allylic oxidation sites excluding steroid dienone is 1. The lowest BCUT2D eigenvalue weighted by molar-refractivity contribution is -0.104. The van der Waals surface area contributed by atoms with Crippen molar-refractivity contribution >= 4 is 22.6 Å². The van der Waals surface area contributed by atoms with Crippen molar-refractivity contribution in [1.29, 1.82) is 0 Å². The maximum absolute atomic E-state index is 11.6. The molecule has 0 aromatic heterocycles. The van der Waals surface area contributed by atoms with E-state index >= 15 is 0 Å². The van der Waals surface area contributed by atoms with Crippen molar-refractivity contribution < 1.29 is 9.53 Å². The normalized spacial score (nSPS) is 11.4. The van der Waals surface area contributed by atoms with Crippen LogP contribution in [0.15, 0.2) is 103 Å². The van der Waals surface area contributed by atoms with Gasteiger partial charge >= 0.3 is 0 Å². The van der Waals surface area contributed by atoms with Crippen molar-refractivity contribution in [2.75, 3.05) is 6.61 Å². The minimum atomic E-state index is 0.701. The van der Waals surface area contributed by atoms with E-state index in [4.69, 9.17) is 4.74 Å². The molecule has 2 nitrogen and oxygen atoms in total. The lowest BCUT2D eigenvalue weighted by Gasteiger charge is -2.15. The first-order valence-electron chi connectivity index (χ1n) is 10.8. The summed E-state index contributed by atoms with van der Waals surface area (Å²) in [5.74, 6) is 0.912. The highest BCUT2D eigenvalue weighted by atomic mass is 16.5. The maximum atomic E-state index is 11.6. The van der Waals surface area contributed by atoms with Gasteiger partial charge in [-0.3, -0.25) is 4.79 Å². The molecule has 0 unspecified atom stereocenters. The van der Waals surface area contributed by atoms with E-state index in [2.05, 4.69) is 48.5 Å². The quantitative estimate of drug-likeness (QED) is 0.172. The van der Waals surface area contributed by atoms with E-state index in [0.29, 0.717) is 6.61 Å². The van der Waals surface area contributed by atoms with Gasteiger partial charge in [0.25, 0.3) is 0 Å². The van der Waals surface area contributed by atoms with Crippen molar-refractivity contribution in [2.45, 2.75) is 19.3 Å². The van der Waals surface area contributed by atoms with Crippen molar-refractivity contribution in [1.82, 2.24) is 0 Å². The van der Waals surface area contributed by atoms with Gasteiger partial charge in [-0.1, -0.05) is 84.9 Å². The molecule has 0 aliphatic heterocycles. The second kappa shape index (κ2) is 10.4. The standard InChI is InChI=1S/C29H26O2/c30-21-20-29(28-19-10-14-24-12-5-6-17-26(24)28)27-18-7-4-11-23(27)13-8-9-22-31-25-15-2-1-3-16-25/h1-7,10-12,14-21H,8-9,13,22H2. The molecule has 4 aromatic carbocycles. The van der Waals surface area contributed by atoms with Gasteiger partial charge in [0.1, 0.15) is 12.0 Å². The first kappa shape index (κ1) is 20.6. The molecule has 0 bridgehead atoms. The molecular formula is C29H26O2. The van der Waals surface area contributed by atoms with Crippen molar-refractivity contribution in [3.8, 4) is 5.75 Å². The molecule has 154 valence electrons. The molecule has 0 aliphatic carbocycles. The van der Waals surface area contributed by atoms with Crippen LogP contribution in [0.5, 0.6) is 5.75 Å². The van der Waals surface area contributed by atoms with Gasteiger partial charge in [-0.15, -0.1) is 0 Å². The molecule has 0 heterocycles. The number of aryl methyl sites for hydroxylation is 1. The SMILES string of the molecule is O=CC=C(c1ccccc1CCCCOc1ccccc1)c1cccc2ccccc12. The van der Waals surface area contributed by atoms with E-state index in [0.717, 1.165) is 53.4 Å². The number of rotatable bonds is 9. The Kier molecular flexibility index (Phi) is 6.92. The average molecular weight is 407 g/mol. The largest absolute Gasteiger partial charge is 0.494 e. The highest BCUT2D eigenvalue weighted by molar-refractivity contribution is 6.01. The summed E-state index contributed by atoms with van der Waals surface area (Å²) in [6.07, 6.45) is 5.52. The van der Waals surface area contributed by atoms with Crippen LogP contribution in [0.2, 0.25) is 0 Å². The van der Waals surface area contributed by atoms with E-state index in [1.807, 2.05) is 48.5 Å². The van der Waals surface area contributed by atoms with Crippen LogP contribution < -0.4 is 4.74 Å². The van der Waals surface area contributed by atoms with Gasteiger partial charge in [0.15, 0.2) is 0 Å². The molecule has 0 spiro atoms. The van der Waals surface area contributed by atoms with Gasteiger partial charge in [-0.25, -0.2) is 0 Å². The smallest absolute Gasteiger partial charge is 0.143 e. The molecular weight excluding hydrogens is 380 g/mol. The molecule has 2 heteroatoms. The summed E-state index contributed by atoms with van der Waals surface area (Å²) < 4.78 is 5.82. The lowest BCUT2D eigenvalue weighted by atomic mass is 9.89. The second-order valence-electron chi connectivity index (χ2n) is 7.52. The zero-order valence-electron chi connectivity index (χ0n) is 17.5. The predicted molar refractivity (Wildman–Crippen MR) is 128 cm³/mol. The van der Waals surface area contributed by atoms with E-state index in [1.54, 1.807) is 6.08 Å². The highest BCUT2D eigenvalue weighted by Crippen LogP contribution is 2.32. The lowest BCUT2D eigenvalue weighted by Crippen LogP contribution is -2.00. The minimum Gasteiger partial charge on any atom is -0.494 e. The molecule has 0 aliphatic rings. The number of aldehydes is 1. The third-order valence-corrected chi connectivity index (χ3v) is 5.47. The fourth-order valence-corrected chi connectivity index (χ4v) is 3.98. The molecule has 0 atom stereocenters. The van der Waals surface area contributed by atoms with Crippen LogP contribution in [0.3, 0.4) is 0 Å². The van der Waals surface area contributed by atoms with Crippen LogP contribution in [-0.2, 0) is 11.2 Å². The number of hydrogen-bond acceptors (Lipinski definition) is 2. The Morgan fingerprint density at radius 1 is 0.710 bits per heavy atom. The number of hydrogen-bond donors (Lipinski definition) is 0. The maximum Gasteiger partial charge on any atom is 0.143 e. The van der Waals surface area contributed by atoms with E-state index in [9.17, 15) is 4.79 Å². The molecule has 0 radical (unpaired) electrons. The molecule has 4 aromatic rings. The van der Waals surface area contributed by atoms with E-state index in [-0.39, 0.29) is 0 Å². The Morgan fingerprint density at radius 3 is 2.29 bits per heavy atom. The molecule has 0 saturated heterocycles. The van der Waals surface area contributed by atoms with Crippen molar-refractivity contribution in [2.24, 2.45) is 0 Å². The summed E-state index contributed by atoms with van der Waals surface area (Å²) in [6.45, 7) is 0.701. The van der Waals surface area contributed by atoms with Crippen LogP contribution in [0.1, 0.15) is 29.5 Å². The third-order valence-electron chi connectivity index (χ3n) is 5.47. The molecule has 0 saturated carbocycles. The number of benzene rings is 4. The minimum absolute atomic E-state index is 0.701. The first-order chi connectivity index (χ1) is 15.4. The number of unbranched alkanes of at least 4 members (excludes halogenated alkanes) is 1. The summed E-state index contributed by atoms with van der Waals surface area (Å²) in [5.41, 5.74) is 4.44. The van der Waals surface area contributed by atoms with E-state index in [1.165, 1.54) is 10.9 Å². The zero-order valence-corrected chi connectivity index (χ0v) is 17.5. The molecule has 0 fully saturated rings. The first-order valence-corrected chi connectivity index (χ1v) is 10.8. The van der Waals surface area contributed by atoms with Crippen LogP contribution in [0.25, 0.3) is 16.3 Å². The topological polar surface area (TPSA) is 26.3 Å². The summed E-state index contributed by atoms with van der Waals surface area (Å²) in [6, 6.07) is 32.9. The second-order valence-corrected chi connectivity index (χ2v) is 7.52. The Balaban J connectivity index is 1.53. The Morgan fingerprint density at radius 2 is 1.42 bits per heavy atom. The van der Waals surface area contributed by atoms with Gasteiger partial charge in [0.2, 0.25) is 0 Å². The van der Waals surface area contributed by atoms with Gasteiger partial charge in [0.05, 0.1) is 6.61 Å². The zero-order chi connectivity index (χ0) is 21.3. The Hall–Kier alpha value is -3.65.